The molecule has 2 aromatic carbocycles. The summed E-state index contributed by atoms with van der Waals surface area (Å²) < 4.78 is 24.4. The highest BCUT2D eigenvalue weighted by atomic mass is 19.1. The van der Waals surface area contributed by atoms with Gasteiger partial charge < -0.3 is 14.8 Å². The number of fused-ring (bicyclic) bond motifs is 1. The van der Waals surface area contributed by atoms with E-state index in [-0.39, 0.29) is 11.9 Å². The summed E-state index contributed by atoms with van der Waals surface area (Å²) in [6, 6.07) is 10.6. The summed E-state index contributed by atoms with van der Waals surface area (Å²) in [7, 11) is 1.60. The second-order valence-corrected chi connectivity index (χ2v) is 5.04. The number of hydrogen-bond donors (Lipinski definition) is 1. The second-order valence-electron chi connectivity index (χ2n) is 5.04. The van der Waals surface area contributed by atoms with Gasteiger partial charge in [0.05, 0.1) is 19.8 Å². The Morgan fingerprint density at radius 1 is 1.24 bits per heavy atom. The van der Waals surface area contributed by atoms with Gasteiger partial charge in [0, 0.05) is 11.3 Å². The monoisotopic (exact) mass is 287 g/mol. The average molecular weight is 287 g/mol. The standard InChI is InChI=1S/C17H18FNO2/c1-3-21-13-5-6-15-11(8-13)9-16(19-15)14-10-12(18)4-7-17(14)20-2/h4-8,10,16,19H,3,9H2,1-2H3. The van der Waals surface area contributed by atoms with E-state index >= 15 is 0 Å². The van der Waals surface area contributed by atoms with Crippen molar-refractivity contribution in [2.24, 2.45) is 0 Å². The van der Waals surface area contributed by atoms with Crippen molar-refractivity contribution in [3.63, 3.8) is 0 Å². The highest BCUT2D eigenvalue weighted by Crippen LogP contribution is 2.39. The minimum atomic E-state index is -0.251. The third-order valence-electron chi connectivity index (χ3n) is 3.71. The Labute approximate surface area is 123 Å². The van der Waals surface area contributed by atoms with Crippen molar-refractivity contribution < 1.29 is 13.9 Å². The molecule has 1 atom stereocenters. The zero-order valence-electron chi connectivity index (χ0n) is 12.2. The molecule has 0 saturated carbocycles. The van der Waals surface area contributed by atoms with Crippen LogP contribution in [0.2, 0.25) is 0 Å². The number of anilines is 1. The minimum absolute atomic E-state index is 0.0162. The molecule has 0 saturated heterocycles. The lowest BCUT2D eigenvalue weighted by atomic mass is 10.0. The van der Waals surface area contributed by atoms with Gasteiger partial charge in [0.15, 0.2) is 0 Å². The third kappa shape index (κ3) is 2.66. The summed E-state index contributed by atoms with van der Waals surface area (Å²) in [4.78, 5) is 0. The minimum Gasteiger partial charge on any atom is -0.496 e. The van der Waals surface area contributed by atoms with Crippen molar-refractivity contribution in [3.8, 4) is 11.5 Å². The fraction of sp³-hybridized carbons (Fsp3) is 0.294. The first-order valence-electron chi connectivity index (χ1n) is 7.07. The van der Waals surface area contributed by atoms with Gasteiger partial charge in [-0.15, -0.1) is 0 Å². The first-order chi connectivity index (χ1) is 10.2. The van der Waals surface area contributed by atoms with Crippen LogP contribution in [0.1, 0.15) is 24.1 Å². The maximum absolute atomic E-state index is 13.5. The number of hydrogen-bond acceptors (Lipinski definition) is 3. The van der Waals surface area contributed by atoms with Gasteiger partial charge in [-0.2, -0.15) is 0 Å². The van der Waals surface area contributed by atoms with Gasteiger partial charge in [0.1, 0.15) is 17.3 Å². The smallest absolute Gasteiger partial charge is 0.124 e. The molecule has 1 heterocycles. The van der Waals surface area contributed by atoms with Crippen molar-refractivity contribution in [3.05, 3.63) is 53.3 Å². The molecule has 1 N–H and O–H groups in total. The second kappa shape index (κ2) is 5.64. The highest BCUT2D eigenvalue weighted by molar-refractivity contribution is 5.61. The van der Waals surface area contributed by atoms with Crippen molar-refractivity contribution >= 4 is 5.69 Å². The molecule has 1 unspecified atom stereocenters. The molecule has 3 rings (SSSR count). The van der Waals surface area contributed by atoms with Crippen molar-refractivity contribution in [2.45, 2.75) is 19.4 Å². The van der Waals surface area contributed by atoms with Crippen LogP contribution in [-0.2, 0) is 6.42 Å². The van der Waals surface area contributed by atoms with Crippen molar-refractivity contribution in [1.29, 1.82) is 0 Å². The molecule has 0 fully saturated rings. The lowest BCUT2D eigenvalue weighted by Crippen LogP contribution is -2.08. The van der Waals surface area contributed by atoms with E-state index in [4.69, 9.17) is 9.47 Å². The maximum atomic E-state index is 13.5. The van der Waals surface area contributed by atoms with E-state index in [0.717, 1.165) is 23.4 Å². The van der Waals surface area contributed by atoms with E-state index in [2.05, 4.69) is 5.32 Å². The van der Waals surface area contributed by atoms with Crippen LogP contribution in [0.15, 0.2) is 36.4 Å². The summed E-state index contributed by atoms with van der Waals surface area (Å²) in [5, 5.41) is 3.42. The largest absolute Gasteiger partial charge is 0.496 e. The molecule has 21 heavy (non-hydrogen) atoms. The highest BCUT2D eigenvalue weighted by Gasteiger charge is 2.25. The molecule has 4 heteroatoms. The van der Waals surface area contributed by atoms with Gasteiger partial charge in [-0.25, -0.2) is 4.39 Å². The van der Waals surface area contributed by atoms with Crippen molar-refractivity contribution in [1.82, 2.24) is 0 Å². The van der Waals surface area contributed by atoms with Crippen LogP contribution in [0.25, 0.3) is 0 Å². The predicted octanol–water partition coefficient (Wildman–Crippen LogP) is 3.94. The van der Waals surface area contributed by atoms with Gasteiger partial charge >= 0.3 is 0 Å². The SMILES string of the molecule is CCOc1ccc2c(c1)CC(c1cc(F)ccc1OC)N2. The first kappa shape index (κ1) is 13.7. The Bertz CT molecular complexity index is 657. The first-order valence-corrected chi connectivity index (χ1v) is 7.07. The van der Waals surface area contributed by atoms with Gasteiger partial charge in [-0.3, -0.25) is 0 Å². The molecule has 0 aromatic heterocycles. The number of ether oxygens (including phenoxy) is 2. The van der Waals surface area contributed by atoms with Crippen molar-refractivity contribution in [2.75, 3.05) is 19.0 Å². The molecule has 1 aliphatic rings. The van der Waals surface area contributed by atoms with Crippen LogP contribution >= 0.6 is 0 Å². The molecule has 2 aromatic rings. The van der Waals surface area contributed by atoms with Crippen LogP contribution in [-0.4, -0.2) is 13.7 Å². The van der Waals surface area contributed by atoms with E-state index in [1.165, 1.54) is 17.7 Å². The Balaban J connectivity index is 1.89. The molecule has 3 nitrogen and oxygen atoms in total. The number of nitrogens with one attached hydrogen (secondary N) is 1. The lowest BCUT2D eigenvalue weighted by Gasteiger charge is -2.15. The van der Waals surface area contributed by atoms with Gasteiger partial charge in [-0.1, -0.05) is 0 Å². The summed E-state index contributed by atoms with van der Waals surface area (Å²) in [6.07, 6.45) is 0.788. The normalized spacial score (nSPS) is 16.2. The zero-order chi connectivity index (χ0) is 14.8. The molecule has 0 amide bonds. The van der Waals surface area contributed by atoms with E-state index in [9.17, 15) is 4.39 Å². The molecular formula is C17H18FNO2. The fourth-order valence-electron chi connectivity index (χ4n) is 2.76. The van der Waals surface area contributed by atoms with Crippen LogP contribution < -0.4 is 14.8 Å². The van der Waals surface area contributed by atoms with Crippen LogP contribution in [0.5, 0.6) is 11.5 Å². The molecule has 0 spiro atoms. The van der Waals surface area contributed by atoms with Gasteiger partial charge in [0.25, 0.3) is 0 Å². The molecule has 110 valence electrons. The number of halogens is 1. The van der Waals surface area contributed by atoms with Crippen LogP contribution in [0, 0.1) is 5.82 Å². The number of methoxy groups -OCH3 is 1. The molecule has 1 aliphatic heterocycles. The summed E-state index contributed by atoms with van der Waals surface area (Å²) in [5.41, 5.74) is 3.08. The Morgan fingerprint density at radius 2 is 2.10 bits per heavy atom. The van der Waals surface area contributed by atoms with E-state index in [1.54, 1.807) is 13.2 Å². The van der Waals surface area contributed by atoms with Crippen LogP contribution in [0.4, 0.5) is 10.1 Å². The number of rotatable bonds is 4. The summed E-state index contributed by atoms with van der Waals surface area (Å²) in [5.74, 6) is 1.32. The topological polar surface area (TPSA) is 30.5 Å². The molecular weight excluding hydrogens is 269 g/mol. The van der Waals surface area contributed by atoms with Crippen LogP contribution in [0.3, 0.4) is 0 Å². The molecule has 0 bridgehead atoms. The molecule has 0 radical (unpaired) electrons. The van der Waals surface area contributed by atoms with Gasteiger partial charge in [0.2, 0.25) is 0 Å². The zero-order valence-corrected chi connectivity index (χ0v) is 12.2. The van der Waals surface area contributed by atoms with Gasteiger partial charge in [-0.05, 0) is 55.3 Å². The lowest BCUT2D eigenvalue weighted by molar-refractivity contribution is 0.340. The maximum Gasteiger partial charge on any atom is 0.124 e. The third-order valence-corrected chi connectivity index (χ3v) is 3.71. The fourth-order valence-corrected chi connectivity index (χ4v) is 2.76. The molecule has 0 aliphatic carbocycles. The predicted molar refractivity (Wildman–Crippen MR) is 80.6 cm³/mol. The summed E-state index contributed by atoms with van der Waals surface area (Å²) in [6.45, 7) is 2.61. The van der Waals surface area contributed by atoms with E-state index < -0.39 is 0 Å². The van der Waals surface area contributed by atoms with E-state index in [0.29, 0.717) is 12.4 Å². The Morgan fingerprint density at radius 3 is 2.86 bits per heavy atom. The Kier molecular flexibility index (Phi) is 3.69. The number of benzene rings is 2. The van der Waals surface area contributed by atoms with E-state index in [1.807, 2.05) is 25.1 Å². The average Bonchev–Trinajstić information content (AvgIpc) is 2.90. The Hall–Kier alpha value is -2.23. The quantitative estimate of drug-likeness (QED) is 0.924. The summed E-state index contributed by atoms with van der Waals surface area (Å²) >= 11 is 0.